The SMILES string of the molecule is C(=N/N=C1c2ccccc2-c2ccccc21)/c1cccs1. The third-order valence-electron chi connectivity index (χ3n) is 3.54. The molecule has 1 aliphatic rings. The molecule has 0 saturated heterocycles. The van der Waals surface area contributed by atoms with Crippen LogP contribution in [0.3, 0.4) is 0 Å². The first-order valence-corrected chi connectivity index (χ1v) is 7.65. The van der Waals surface area contributed by atoms with E-state index in [1.807, 2.05) is 29.6 Å². The Bertz CT molecular complexity index is 798. The van der Waals surface area contributed by atoms with E-state index in [9.17, 15) is 0 Å². The second-order valence-corrected chi connectivity index (χ2v) is 5.78. The van der Waals surface area contributed by atoms with Crippen LogP contribution in [0.4, 0.5) is 0 Å². The van der Waals surface area contributed by atoms with Crippen LogP contribution in [-0.2, 0) is 0 Å². The molecule has 0 bridgehead atoms. The Morgan fingerprint density at radius 1 is 0.714 bits per heavy atom. The zero-order valence-electron chi connectivity index (χ0n) is 11.2. The molecular weight excluding hydrogens is 276 g/mol. The van der Waals surface area contributed by atoms with Crippen LogP contribution >= 0.6 is 11.3 Å². The molecule has 3 aromatic rings. The largest absolute Gasteiger partial charge is 0.157 e. The smallest absolute Gasteiger partial charge is 0.101 e. The fourth-order valence-electron chi connectivity index (χ4n) is 2.61. The molecule has 21 heavy (non-hydrogen) atoms. The van der Waals surface area contributed by atoms with Crippen LogP contribution in [0, 0.1) is 0 Å². The molecule has 3 heteroatoms. The summed E-state index contributed by atoms with van der Waals surface area (Å²) in [6, 6.07) is 20.8. The highest BCUT2D eigenvalue weighted by atomic mass is 32.1. The van der Waals surface area contributed by atoms with Gasteiger partial charge < -0.3 is 0 Å². The standard InChI is InChI=1S/C18H12N2S/c1-3-9-16-14(7-1)15-8-2-4-10-17(15)18(16)20-19-12-13-6-5-11-21-13/h1-12H/b19-12-. The van der Waals surface area contributed by atoms with Crippen molar-refractivity contribution in [2.75, 3.05) is 0 Å². The third-order valence-corrected chi connectivity index (χ3v) is 4.35. The van der Waals surface area contributed by atoms with Crippen molar-refractivity contribution >= 4 is 23.3 Å². The maximum absolute atomic E-state index is 4.47. The number of rotatable bonds is 2. The van der Waals surface area contributed by atoms with Gasteiger partial charge >= 0.3 is 0 Å². The molecule has 0 amide bonds. The highest BCUT2D eigenvalue weighted by Gasteiger charge is 2.23. The summed E-state index contributed by atoms with van der Waals surface area (Å²) in [5.41, 5.74) is 5.73. The molecule has 0 atom stereocenters. The molecule has 2 nitrogen and oxygen atoms in total. The molecule has 0 spiro atoms. The van der Waals surface area contributed by atoms with Gasteiger partial charge in [0.2, 0.25) is 0 Å². The number of fused-ring (bicyclic) bond motifs is 3. The first kappa shape index (κ1) is 12.2. The van der Waals surface area contributed by atoms with Crippen LogP contribution in [0.25, 0.3) is 11.1 Å². The van der Waals surface area contributed by atoms with Gasteiger partial charge in [-0.1, -0.05) is 54.6 Å². The molecule has 0 saturated carbocycles. The van der Waals surface area contributed by atoms with Gasteiger partial charge in [-0.25, -0.2) is 0 Å². The minimum atomic E-state index is 0.953. The maximum Gasteiger partial charge on any atom is 0.101 e. The van der Waals surface area contributed by atoms with Crippen molar-refractivity contribution < 1.29 is 0 Å². The number of nitrogens with zero attached hydrogens (tertiary/aromatic N) is 2. The van der Waals surface area contributed by atoms with E-state index < -0.39 is 0 Å². The van der Waals surface area contributed by atoms with Crippen LogP contribution in [0.2, 0.25) is 0 Å². The first-order chi connectivity index (χ1) is 10.4. The van der Waals surface area contributed by atoms with Gasteiger partial charge in [0, 0.05) is 16.0 Å². The molecule has 1 aromatic heterocycles. The van der Waals surface area contributed by atoms with Crippen LogP contribution in [0.1, 0.15) is 16.0 Å². The Labute approximate surface area is 127 Å². The lowest BCUT2D eigenvalue weighted by molar-refractivity contribution is 1.25. The van der Waals surface area contributed by atoms with E-state index in [0.29, 0.717) is 0 Å². The Kier molecular flexibility index (Phi) is 2.98. The average molecular weight is 288 g/mol. The number of thiophene rings is 1. The molecule has 0 N–H and O–H groups in total. The van der Waals surface area contributed by atoms with E-state index in [0.717, 1.165) is 21.7 Å². The van der Waals surface area contributed by atoms with E-state index in [-0.39, 0.29) is 0 Å². The summed E-state index contributed by atoms with van der Waals surface area (Å²) in [4.78, 5) is 1.11. The van der Waals surface area contributed by atoms with E-state index >= 15 is 0 Å². The van der Waals surface area contributed by atoms with Crippen molar-refractivity contribution in [2.45, 2.75) is 0 Å². The van der Waals surface area contributed by atoms with Crippen molar-refractivity contribution in [3.63, 3.8) is 0 Å². The summed E-state index contributed by atoms with van der Waals surface area (Å²) < 4.78 is 0. The van der Waals surface area contributed by atoms with Crippen molar-refractivity contribution in [2.24, 2.45) is 10.2 Å². The molecular formula is C18H12N2S. The summed E-state index contributed by atoms with van der Waals surface area (Å²) >= 11 is 1.66. The average Bonchev–Trinajstić information content (AvgIpc) is 3.15. The molecule has 0 unspecified atom stereocenters. The predicted molar refractivity (Wildman–Crippen MR) is 89.4 cm³/mol. The predicted octanol–water partition coefficient (Wildman–Crippen LogP) is 4.60. The Morgan fingerprint density at radius 2 is 1.33 bits per heavy atom. The molecule has 2 aromatic carbocycles. The van der Waals surface area contributed by atoms with Crippen LogP contribution in [0.15, 0.2) is 76.2 Å². The zero-order valence-corrected chi connectivity index (χ0v) is 12.0. The molecule has 0 aliphatic heterocycles. The van der Waals surface area contributed by atoms with Crippen LogP contribution in [0.5, 0.6) is 0 Å². The van der Waals surface area contributed by atoms with Gasteiger partial charge in [-0.05, 0) is 22.6 Å². The van der Waals surface area contributed by atoms with E-state index in [4.69, 9.17) is 0 Å². The summed E-state index contributed by atoms with van der Waals surface area (Å²) in [5, 5.41) is 10.8. The Balaban J connectivity index is 1.81. The van der Waals surface area contributed by atoms with Gasteiger partial charge in [0.25, 0.3) is 0 Å². The maximum atomic E-state index is 4.47. The normalized spacial score (nSPS) is 12.5. The van der Waals surface area contributed by atoms with Gasteiger partial charge in [0.1, 0.15) is 5.71 Å². The lowest BCUT2D eigenvalue weighted by Crippen LogP contribution is -1.96. The van der Waals surface area contributed by atoms with Crippen molar-refractivity contribution in [1.82, 2.24) is 0 Å². The highest BCUT2D eigenvalue weighted by molar-refractivity contribution is 7.11. The quantitative estimate of drug-likeness (QED) is 0.380. The molecule has 1 aliphatic carbocycles. The third kappa shape index (κ3) is 2.12. The zero-order chi connectivity index (χ0) is 14.1. The highest BCUT2D eigenvalue weighted by Crippen LogP contribution is 2.36. The van der Waals surface area contributed by atoms with E-state index in [2.05, 4.69) is 46.6 Å². The molecule has 4 rings (SSSR count). The van der Waals surface area contributed by atoms with Gasteiger partial charge in [-0.15, -0.1) is 16.4 Å². The molecule has 100 valence electrons. The number of benzene rings is 2. The van der Waals surface area contributed by atoms with E-state index in [1.54, 1.807) is 17.6 Å². The molecule has 0 fully saturated rings. The second kappa shape index (κ2) is 5.11. The van der Waals surface area contributed by atoms with Gasteiger partial charge in [-0.3, -0.25) is 0 Å². The van der Waals surface area contributed by atoms with Crippen LogP contribution in [-0.4, -0.2) is 11.9 Å². The number of hydrogen-bond acceptors (Lipinski definition) is 3. The summed E-state index contributed by atoms with van der Waals surface area (Å²) in [7, 11) is 0. The summed E-state index contributed by atoms with van der Waals surface area (Å²) in [5.74, 6) is 0. The fraction of sp³-hybridized carbons (Fsp3) is 0. The minimum absolute atomic E-state index is 0.953. The summed E-state index contributed by atoms with van der Waals surface area (Å²) in [6.45, 7) is 0. The molecule has 1 heterocycles. The molecule has 0 radical (unpaired) electrons. The Morgan fingerprint density at radius 3 is 1.90 bits per heavy atom. The van der Waals surface area contributed by atoms with E-state index in [1.165, 1.54) is 11.1 Å². The monoisotopic (exact) mass is 288 g/mol. The van der Waals surface area contributed by atoms with Crippen molar-refractivity contribution in [3.8, 4) is 11.1 Å². The minimum Gasteiger partial charge on any atom is -0.157 e. The van der Waals surface area contributed by atoms with Crippen molar-refractivity contribution in [3.05, 3.63) is 82.0 Å². The van der Waals surface area contributed by atoms with Gasteiger partial charge in [0.15, 0.2) is 0 Å². The topological polar surface area (TPSA) is 24.7 Å². The van der Waals surface area contributed by atoms with Gasteiger partial charge in [0.05, 0.1) is 6.21 Å². The Hall–Kier alpha value is -2.52. The fourth-order valence-corrected chi connectivity index (χ4v) is 3.19. The van der Waals surface area contributed by atoms with Crippen molar-refractivity contribution in [1.29, 1.82) is 0 Å². The first-order valence-electron chi connectivity index (χ1n) is 6.77. The summed E-state index contributed by atoms with van der Waals surface area (Å²) in [6.07, 6.45) is 1.81. The number of hydrogen-bond donors (Lipinski definition) is 0. The second-order valence-electron chi connectivity index (χ2n) is 4.80. The van der Waals surface area contributed by atoms with Crippen LogP contribution < -0.4 is 0 Å². The lowest BCUT2D eigenvalue weighted by atomic mass is 10.1. The van der Waals surface area contributed by atoms with Gasteiger partial charge in [-0.2, -0.15) is 5.10 Å². The lowest BCUT2D eigenvalue weighted by Gasteiger charge is -1.97.